The summed E-state index contributed by atoms with van der Waals surface area (Å²) in [4.78, 5) is 33.7. The number of carboxylic acids is 1. The van der Waals surface area contributed by atoms with Crippen LogP contribution in [0.15, 0.2) is 0 Å². The first-order chi connectivity index (χ1) is 9.42. The maximum absolute atomic E-state index is 11.7. The number of methoxy groups -OCH3 is 2. The lowest BCUT2D eigenvalue weighted by Gasteiger charge is -2.17. The van der Waals surface area contributed by atoms with Crippen LogP contribution in [0.2, 0.25) is 0 Å². The SMILES string of the molecule is COCCCC(N)C(=O)N[C@H](CCC(=O)OC)C(=O)O. The molecule has 20 heavy (non-hydrogen) atoms. The molecule has 0 radical (unpaired) electrons. The summed E-state index contributed by atoms with van der Waals surface area (Å²) in [5.41, 5.74) is 5.64. The van der Waals surface area contributed by atoms with Crippen LogP contribution in [0, 0.1) is 0 Å². The van der Waals surface area contributed by atoms with Crippen LogP contribution in [-0.4, -0.2) is 55.9 Å². The van der Waals surface area contributed by atoms with E-state index in [4.69, 9.17) is 15.6 Å². The molecule has 0 heterocycles. The number of carbonyl (C=O) groups excluding carboxylic acids is 2. The number of aliphatic carboxylic acids is 1. The summed E-state index contributed by atoms with van der Waals surface area (Å²) in [6.45, 7) is 0.478. The van der Waals surface area contributed by atoms with Crippen LogP contribution in [0.4, 0.5) is 0 Å². The average molecular weight is 290 g/mol. The van der Waals surface area contributed by atoms with Gasteiger partial charge in [-0.15, -0.1) is 0 Å². The Morgan fingerprint density at radius 1 is 1.25 bits per heavy atom. The third kappa shape index (κ3) is 7.70. The van der Waals surface area contributed by atoms with E-state index in [1.165, 1.54) is 7.11 Å². The van der Waals surface area contributed by atoms with Crippen molar-refractivity contribution in [2.75, 3.05) is 20.8 Å². The fourth-order valence-corrected chi connectivity index (χ4v) is 1.48. The molecule has 0 rings (SSSR count). The molecule has 0 aromatic rings. The molecular formula is C12H22N2O6. The normalized spacial score (nSPS) is 13.3. The van der Waals surface area contributed by atoms with E-state index in [0.29, 0.717) is 19.4 Å². The van der Waals surface area contributed by atoms with Crippen LogP contribution >= 0.6 is 0 Å². The molecule has 0 bridgehead atoms. The van der Waals surface area contributed by atoms with Crippen LogP contribution in [-0.2, 0) is 23.9 Å². The zero-order chi connectivity index (χ0) is 15.5. The number of amides is 1. The number of nitrogens with two attached hydrogens (primary N) is 1. The van der Waals surface area contributed by atoms with E-state index in [1.807, 2.05) is 0 Å². The van der Waals surface area contributed by atoms with Crippen LogP contribution in [0.5, 0.6) is 0 Å². The lowest BCUT2D eigenvalue weighted by Crippen LogP contribution is -2.48. The number of ether oxygens (including phenoxy) is 2. The van der Waals surface area contributed by atoms with Gasteiger partial charge in [0.2, 0.25) is 5.91 Å². The van der Waals surface area contributed by atoms with Gasteiger partial charge in [0.25, 0.3) is 0 Å². The molecule has 8 heteroatoms. The molecule has 0 saturated heterocycles. The molecule has 0 fully saturated rings. The zero-order valence-electron chi connectivity index (χ0n) is 11.8. The van der Waals surface area contributed by atoms with Crippen molar-refractivity contribution in [2.45, 2.75) is 37.8 Å². The number of carbonyl (C=O) groups is 3. The second-order valence-corrected chi connectivity index (χ2v) is 4.26. The smallest absolute Gasteiger partial charge is 0.326 e. The van der Waals surface area contributed by atoms with E-state index in [2.05, 4.69) is 10.1 Å². The highest BCUT2D eigenvalue weighted by Crippen LogP contribution is 2.02. The summed E-state index contributed by atoms with van der Waals surface area (Å²) in [6, 6.07) is -1.96. The Hall–Kier alpha value is -1.67. The van der Waals surface area contributed by atoms with Gasteiger partial charge in [0.1, 0.15) is 6.04 Å². The van der Waals surface area contributed by atoms with Crippen LogP contribution < -0.4 is 11.1 Å². The lowest BCUT2D eigenvalue weighted by atomic mass is 10.1. The summed E-state index contributed by atoms with van der Waals surface area (Å²) < 4.78 is 9.25. The van der Waals surface area contributed by atoms with Crippen molar-refractivity contribution in [3.05, 3.63) is 0 Å². The third-order valence-electron chi connectivity index (χ3n) is 2.68. The maximum atomic E-state index is 11.7. The fourth-order valence-electron chi connectivity index (χ4n) is 1.48. The molecule has 1 amide bonds. The molecule has 0 aliphatic heterocycles. The standard InChI is InChI=1S/C12H22N2O6/c1-19-7-3-4-8(13)11(16)14-9(12(17)18)5-6-10(15)20-2/h8-9H,3-7,13H2,1-2H3,(H,14,16)(H,17,18)/t8?,9-/m1/s1. The summed E-state index contributed by atoms with van der Waals surface area (Å²) >= 11 is 0. The first-order valence-electron chi connectivity index (χ1n) is 6.26. The van der Waals surface area contributed by atoms with E-state index < -0.39 is 29.9 Å². The fraction of sp³-hybridized carbons (Fsp3) is 0.750. The minimum Gasteiger partial charge on any atom is -0.480 e. The highest BCUT2D eigenvalue weighted by atomic mass is 16.5. The highest BCUT2D eigenvalue weighted by Gasteiger charge is 2.23. The second kappa shape index (κ2) is 10.2. The van der Waals surface area contributed by atoms with Gasteiger partial charge in [-0.3, -0.25) is 9.59 Å². The van der Waals surface area contributed by atoms with Gasteiger partial charge >= 0.3 is 11.9 Å². The van der Waals surface area contributed by atoms with Crippen molar-refractivity contribution < 1.29 is 29.0 Å². The Bertz CT molecular complexity index is 334. The number of nitrogens with one attached hydrogen (secondary N) is 1. The quantitative estimate of drug-likeness (QED) is 0.357. The van der Waals surface area contributed by atoms with Crippen molar-refractivity contribution in [1.29, 1.82) is 0 Å². The van der Waals surface area contributed by atoms with E-state index in [1.54, 1.807) is 7.11 Å². The first-order valence-corrected chi connectivity index (χ1v) is 6.26. The molecule has 4 N–H and O–H groups in total. The number of hydrogen-bond donors (Lipinski definition) is 3. The van der Waals surface area contributed by atoms with Gasteiger partial charge in [-0.2, -0.15) is 0 Å². The van der Waals surface area contributed by atoms with Gasteiger partial charge in [-0.25, -0.2) is 4.79 Å². The molecule has 2 atom stereocenters. The molecule has 0 aliphatic rings. The molecular weight excluding hydrogens is 268 g/mol. The molecule has 0 aromatic carbocycles. The molecule has 0 aromatic heterocycles. The monoisotopic (exact) mass is 290 g/mol. The minimum atomic E-state index is -1.22. The topological polar surface area (TPSA) is 128 Å². The number of carboxylic acid groups (broad SMARTS) is 1. The molecule has 0 aliphatic carbocycles. The van der Waals surface area contributed by atoms with Crippen molar-refractivity contribution in [3.63, 3.8) is 0 Å². The first kappa shape index (κ1) is 18.3. The summed E-state index contributed by atoms with van der Waals surface area (Å²) in [5, 5.41) is 11.3. The molecule has 8 nitrogen and oxygen atoms in total. The van der Waals surface area contributed by atoms with Crippen LogP contribution in [0.3, 0.4) is 0 Å². The second-order valence-electron chi connectivity index (χ2n) is 4.26. The van der Waals surface area contributed by atoms with E-state index in [-0.39, 0.29) is 12.8 Å². The molecule has 0 saturated carbocycles. The number of esters is 1. The van der Waals surface area contributed by atoms with Gasteiger partial charge < -0.3 is 25.6 Å². The van der Waals surface area contributed by atoms with Gasteiger partial charge in [-0.05, 0) is 19.3 Å². The van der Waals surface area contributed by atoms with Crippen molar-refractivity contribution in [3.8, 4) is 0 Å². The lowest BCUT2D eigenvalue weighted by molar-refractivity contribution is -0.144. The van der Waals surface area contributed by atoms with Crippen molar-refractivity contribution in [1.82, 2.24) is 5.32 Å². The van der Waals surface area contributed by atoms with E-state index in [0.717, 1.165) is 0 Å². The van der Waals surface area contributed by atoms with E-state index >= 15 is 0 Å². The predicted octanol–water partition coefficient (Wildman–Crippen LogP) is -0.737. The Morgan fingerprint density at radius 2 is 1.90 bits per heavy atom. The van der Waals surface area contributed by atoms with E-state index in [9.17, 15) is 14.4 Å². The van der Waals surface area contributed by atoms with Gasteiger partial charge in [0.15, 0.2) is 0 Å². The Balaban J connectivity index is 4.25. The third-order valence-corrected chi connectivity index (χ3v) is 2.68. The summed E-state index contributed by atoms with van der Waals surface area (Å²) in [5.74, 6) is -2.31. The molecule has 1 unspecified atom stereocenters. The zero-order valence-corrected chi connectivity index (χ0v) is 11.8. The number of hydrogen-bond acceptors (Lipinski definition) is 6. The Morgan fingerprint density at radius 3 is 2.40 bits per heavy atom. The average Bonchev–Trinajstić information content (AvgIpc) is 2.42. The van der Waals surface area contributed by atoms with Crippen LogP contribution in [0.25, 0.3) is 0 Å². The predicted molar refractivity (Wildman–Crippen MR) is 69.9 cm³/mol. The molecule has 116 valence electrons. The van der Waals surface area contributed by atoms with Gasteiger partial charge in [0.05, 0.1) is 13.2 Å². The Kier molecular flexibility index (Phi) is 9.31. The maximum Gasteiger partial charge on any atom is 0.326 e. The molecule has 0 spiro atoms. The summed E-state index contributed by atoms with van der Waals surface area (Å²) in [6.07, 6.45) is 0.860. The van der Waals surface area contributed by atoms with Gasteiger partial charge in [0, 0.05) is 20.1 Å². The van der Waals surface area contributed by atoms with Gasteiger partial charge in [-0.1, -0.05) is 0 Å². The van der Waals surface area contributed by atoms with Crippen LogP contribution in [0.1, 0.15) is 25.7 Å². The van der Waals surface area contributed by atoms with Crippen molar-refractivity contribution >= 4 is 17.8 Å². The largest absolute Gasteiger partial charge is 0.480 e. The summed E-state index contributed by atoms with van der Waals surface area (Å²) in [7, 11) is 2.75. The number of rotatable bonds is 10. The highest BCUT2D eigenvalue weighted by molar-refractivity contribution is 5.87. The van der Waals surface area contributed by atoms with Crippen molar-refractivity contribution in [2.24, 2.45) is 5.73 Å². The minimum absolute atomic E-state index is 0.0431. The Labute approximate surface area is 117 Å².